The van der Waals surface area contributed by atoms with Crippen LogP contribution in [0.5, 0.6) is 5.75 Å². The van der Waals surface area contributed by atoms with Crippen LogP contribution < -0.4 is 9.64 Å². The molecule has 1 N–H and O–H groups in total. The third kappa shape index (κ3) is 4.72. The van der Waals surface area contributed by atoms with Crippen molar-refractivity contribution in [3.05, 3.63) is 53.6 Å². The number of anilines is 1. The summed E-state index contributed by atoms with van der Waals surface area (Å²) < 4.78 is 70.0. The van der Waals surface area contributed by atoms with E-state index in [0.29, 0.717) is 30.8 Å². The zero-order valence-electron chi connectivity index (χ0n) is 18.6. The summed E-state index contributed by atoms with van der Waals surface area (Å²) in [5.74, 6) is -1.90. The molecule has 0 radical (unpaired) electrons. The molecule has 11 heteroatoms. The molecule has 7 nitrogen and oxygen atoms in total. The van der Waals surface area contributed by atoms with Crippen LogP contribution in [0.3, 0.4) is 0 Å². The highest BCUT2D eigenvalue weighted by atomic mass is 32.2. The minimum Gasteiger partial charge on any atom is -0.481 e. The molecule has 1 aliphatic carbocycles. The van der Waals surface area contributed by atoms with Crippen LogP contribution in [-0.4, -0.2) is 55.3 Å². The van der Waals surface area contributed by atoms with Gasteiger partial charge in [-0.1, -0.05) is 12.1 Å². The number of sulfonamides is 1. The largest absolute Gasteiger partial charge is 0.573 e. The molecule has 3 unspecified atom stereocenters. The average Bonchev–Trinajstić information content (AvgIpc) is 3.17. The Hall–Kier alpha value is -2.79. The van der Waals surface area contributed by atoms with E-state index in [-0.39, 0.29) is 17.1 Å². The highest BCUT2D eigenvalue weighted by molar-refractivity contribution is 7.89. The SMILES string of the molecule is CC1CN(c2ccc(OC(F)(F)F)cc2)CC(C)N1S(=O)(=O)c1cccc2c1CC(C(=O)O)C2. The lowest BCUT2D eigenvalue weighted by atomic mass is 10.1. The molecule has 0 aromatic heterocycles. The molecule has 2 aromatic carbocycles. The molecule has 1 saturated heterocycles. The van der Waals surface area contributed by atoms with Crippen molar-refractivity contribution >= 4 is 21.7 Å². The maximum atomic E-state index is 13.7. The molecule has 1 fully saturated rings. The molecule has 2 aromatic rings. The summed E-state index contributed by atoms with van der Waals surface area (Å²) in [7, 11) is -3.90. The molecule has 1 heterocycles. The smallest absolute Gasteiger partial charge is 0.481 e. The van der Waals surface area contributed by atoms with Crippen LogP contribution in [0, 0.1) is 5.92 Å². The molecule has 1 aliphatic heterocycles. The van der Waals surface area contributed by atoms with Gasteiger partial charge in [0.2, 0.25) is 10.0 Å². The monoisotopic (exact) mass is 498 g/mol. The van der Waals surface area contributed by atoms with Crippen molar-refractivity contribution < 1.29 is 36.2 Å². The molecule has 4 rings (SSSR count). The number of carboxylic acid groups (broad SMARTS) is 1. The molecule has 3 atom stereocenters. The Kier molecular flexibility index (Phi) is 6.28. The van der Waals surface area contributed by atoms with E-state index in [0.717, 1.165) is 5.56 Å². The van der Waals surface area contributed by atoms with Crippen LogP contribution in [0.2, 0.25) is 0 Å². The van der Waals surface area contributed by atoms with E-state index in [1.165, 1.54) is 34.6 Å². The number of hydrogen-bond acceptors (Lipinski definition) is 5. The lowest BCUT2D eigenvalue weighted by molar-refractivity contribution is -0.274. The zero-order chi connectivity index (χ0) is 24.8. The Labute approximate surface area is 195 Å². The molecule has 0 bridgehead atoms. The Morgan fingerprint density at radius 3 is 2.21 bits per heavy atom. The fourth-order valence-corrected chi connectivity index (χ4v) is 7.08. The number of aliphatic carboxylic acids is 1. The van der Waals surface area contributed by atoms with Crippen LogP contribution in [0.4, 0.5) is 18.9 Å². The number of carbonyl (C=O) groups is 1. The first-order valence-corrected chi connectivity index (χ1v) is 12.3. The quantitative estimate of drug-likeness (QED) is 0.677. The van der Waals surface area contributed by atoms with Crippen molar-refractivity contribution in [1.29, 1.82) is 0 Å². The van der Waals surface area contributed by atoms with Gasteiger partial charge in [-0.05, 0) is 68.1 Å². The maximum absolute atomic E-state index is 13.7. The Morgan fingerprint density at radius 2 is 1.65 bits per heavy atom. The molecular weight excluding hydrogens is 473 g/mol. The van der Waals surface area contributed by atoms with Gasteiger partial charge in [0.15, 0.2) is 0 Å². The van der Waals surface area contributed by atoms with Gasteiger partial charge in [-0.3, -0.25) is 4.79 Å². The minimum atomic E-state index is -4.77. The highest BCUT2D eigenvalue weighted by Gasteiger charge is 2.41. The second kappa shape index (κ2) is 8.77. The Balaban J connectivity index is 1.55. The second-order valence-electron chi connectivity index (χ2n) is 8.82. The van der Waals surface area contributed by atoms with Gasteiger partial charge >= 0.3 is 12.3 Å². The van der Waals surface area contributed by atoms with Crippen molar-refractivity contribution in [3.63, 3.8) is 0 Å². The van der Waals surface area contributed by atoms with Gasteiger partial charge in [0.25, 0.3) is 0 Å². The summed E-state index contributed by atoms with van der Waals surface area (Å²) in [6.45, 7) is 4.25. The Bertz CT molecular complexity index is 1170. The van der Waals surface area contributed by atoms with E-state index in [4.69, 9.17) is 0 Å². The third-order valence-corrected chi connectivity index (χ3v) is 8.54. The number of halogens is 3. The van der Waals surface area contributed by atoms with Crippen LogP contribution in [0.1, 0.15) is 25.0 Å². The van der Waals surface area contributed by atoms with Crippen LogP contribution in [0.25, 0.3) is 0 Å². The number of fused-ring (bicyclic) bond motifs is 1. The summed E-state index contributed by atoms with van der Waals surface area (Å²) in [6.07, 6.45) is -4.29. The van der Waals surface area contributed by atoms with E-state index in [1.807, 2.05) is 4.90 Å². The van der Waals surface area contributed by atoms with Crippen molar-refractivity contribution in [2.75, 3.05) is 18.0 Å². The topological polar surface area (TPSA) is 87.2 Å². The van der Waals surface area contributed by atoms with E-state index in [2.05, 4.69) is 4.74 Å². The van der Waals surface area contributed by atoms with E-state index < -0.39 is 40.4 Å². The number of alkyl halides is 3. The molecule has 0 spiro atoms. The predicted molar refractivity (Wildman–Crippen MR) is 118 cm³/mol. The van der Waals surface area contributed by atoms with E-state index >= 15 is 0 Å². The van der Waals surface area contributed by atoms with Crippen LogP contribution in [0.15, 0.2) is 47.4 Å². The van der Waals surface area contributed by atoms with Gasteiger partial charge in [0, 0.05) is 30.9 Å². The third-order valence-electron chi connectivity index (χ3n) is 6.33. The molecule has 0 amide bonds. The van der Waals surface area contributed by atoms with Crippen molar-refractivity contribution in [1.82, 2.24) is 4.31 Å². The van der Waals surface area contributed by atoms with Gasteiger partial charge in [0.05, 0.1) is 10.8 Å². The fraction of sp³-hybridized carbons (Fsp3) is 0.435. The normalized spacial score (nSPS) is 23.6. The average molecular weight is 499 g/mol. The van der Waals surface area contributed by atoms with Gasteiger partial charge in [-0.2, -0.15) is 4.31 Å². The first kappa shape index (κ1) is 24.3. The summed E-state index contributed by atoms with van der Waals surface area (Å²) in [5.41, 5.74) is 1.97. The van der Waals surface area contributed by atoms with Crippen molar-refractivity contribution in [2.45, 2.75) is 50.0 Å². The molecule has 0 saturated carbocycles. The summed E-state index contributed by atoms with van der Waals surface area (Å²) in [5, 5.41) is 9.39. The molecule has 184 valence electrons. The summed E-state index contributed by atoms with van der Waals surface area (Å²) >= 11 is 0. The highest BCUT2D eigenvalue weighted by Crippen LogP contribution is 2.36. The fourth-order valence-electron chi connectivity index (χ4n) is 5.00. The number of carboxylic acids is 1. The Morgan fingerprint density at radius 1 is 1.03 bits per heavy atom. The first-order valence-electron chi connectivity index (χ1n) is 10.8. The van der Waals surface area contributed by atoms with Gasteiger partial charge in [-0.25, -0.2) is 8.42 Å². The van der Waals surface area contributed by atoms with E-state index in [1.54, 1.807) is 26.0 Å². The van der Waals surface area contributed by atoms with Gasteiger partial charge in [0.1, 0.15) is 5.75 Å². The van der Waals surface area contributed by atoms with E-state index in [9.17, 15) is 31.5 Å². The standard InChI is InChI=1S/C23H25F3N2O5S/c1-14-12-27(18-6-8-19(9-7-18)33-23(24,25)26)13-15(2)28(14)34(31,32)21-5-3-4-16-10-17(22(29)30)11-20(16)21/h3-9,14-15,17H,10-13H2,1-2H3,(H,29,30). The van der Waals surface area contributed by atoms with Crippen LogP contribution in [-0.2, 0) is 27.7 Å². The minimum absolute atomic E-state index is 0.148. The predicted octanol–water partition coefficient (Wildman–Crippen LogP) is 3.67. The number of rotatable bonds is 5. The van der Waals surface area contributed by atoms with Gasteiger partial charge < -0.3 is 14.7 Å². The molecule has 2 aliphatic rings. The summed E-state index contributed by atoms with van der Waals surface area (Å²) in [4.78, 5) is 13.5. The number of piperazine rings is 1. The number of hydrogen-bond donors (Lipinski definition) is 1. The molecular formula is C23H25F3N2O5S. The lowest BCUT2D eigenvalue weighted by Gasteiger charge is -2.44. The van der Waals surface area contributed by atoms with Crippen molar-refractivity contribution in [2.24, 2.45) is 5.92 Å². The number of benzene rings is 2. The summed E-state index contributed by atoms with van der Waals surface area (Å²) in [6, 6.07) is 9.59. The number of nitrogens with zero attached hydrogens (tertiary/aromatic N) is 2. The first-order chi connectivity index (χ1) is 15.9. The maximum Gasteiger partial charge on any atom is 0.573 e. The second-order valence-corrected chi connectivity index (χ2v) is 10.6. The van der Waals surface area contributed by atoms with Gasteiger partial charge in [-0.15, -0.1) is 13.2 Å². The van der Waals surface area contributed by atoms with Crippen molar-refractivity contribution in [3.8, 4) is 5.75 Å². The van der Waals surface area contributed by atoms with Crippen LogP contribution >= 0.6 is 0 Å². The zero-order valence-corrected chi connectivity index (χ0v) is 19.4. The lowest BCUT2D eigenvalue weighted by Crippen LogP contribution is -2.58. The number of ether oxygens (including phenoxy) is 1. The molecule has 34 heavy (non-hydrogen) atoms.